The van der Waals surface area contributed by atoms with Crippen molar-refractivity contribution in [2.75, 3.05) is 22.9 Å². The van der Waals surface area contributed by atoms with Crippen LogP contribution in [-0.4, -0.2) is 23.1 Å². The van der Waals surface area contributed by atoms with Gasteiger partial charge in [0.25, 0.3) is 0 Å². The van der Waals surface area contributed by atoms with E-state index in [0.29, 0.717) is 5.56 Å². The lowest BCUT2D eigenvalue weighted by atomic mass is 9.72. The number of anilines is 2. The van der Waals surface area contributed by atoms with E-state index in [1.807, 2.05) is 66.7 Å². The Labute approximate surface area is 208 Å². The molecule has 0 amide bonds. The van der Waals surface area contributed by atoms with Gasteiger partial charge in [-0.25, -0.2) is 0 Å². The molecule has 184 valence electrons. The lowest BCUT2D eigenvalue weighted by Gasteiger charge is -2.36. The van der Waals surface area contributed by atoms with Crippen LogP contribution in [0.4, 0.5) is 17.1 Å². The lowest BCUT2D eigenvalue weighted by Crippen LogP contribution is -2.32. The summed E-state index contributed by atoms with van der Waals surface area (Å²) in [6, 6.07) is 23.6. The van der Waals surface area contributed by atoms with Gasteiger partial charge >= 0.3 is 5.69 Å². The third-order valence-corrected chi connectivity index (χ3v) is 6.70. The zero-order chi connectivity index (χ0) is 25.4. The third-order valence-electron chi connectivity index (χ3n) is 6.70. The van der Waals surface area contributed by atoms with Crippen molar-refractivity contribution in [1.29, 1.82) is 0 Å². The van der Waals surface area contributed by atoms with Gasteiger partial charge in [0.15, 0.2) is 0 Å². The molecule has 0 radical (unpaired) electrons. The van der Waals surface area contributed by atoms with Gasteiger partial charge in [0, 0.05) is 36.1 Å². The quantitative estimate of drug-likeness (QED) is 0.307. The van der Waals surface area contributed by atoms with Gasteiger partial charge in [-0.3, -0.25) is 10.1 Å². The first kappa shape index (κ1) is 24.6. The monoisotopic (exact) mass is 473 g/mol. The average Bonchev–Trinajstić information content (AvgIpc) is 3.23. The number of aromatic hydroxyl groups is 1. The van der Waals surface area contributed by atoms with Crippen LogP contribution in [0.15, 0.2) is 72.8 Å². The van der Waals surface area contributed by atoms with Gasteiger partial charge in [0.1, 0.15) is 6.17 Å². The fourth-order valence-corrected chi connectivity index (χ4v) is 5.54. The second-order valence-electron chi connectivity index (χ2n) is 11.2. The van der Waals surface area contributed by atoms with E-state index in [-0.39, 0.29) is 28.4 Å². The summed E-state index contributed by atoms with van der Waals surface area (Å²) in [4.78, 5) is 16.0. The number of phenols is 1. The van der Waals surface area contributed by atoms with Crippen molar-refractivity contribution >= 4 is 17.1 Å². The summed E-state index contributed by atoms with van der Waals surface area (Å²) in [6.45, 7) is 12.2. The summed E-state index contributed by atoms with van der Waals surface area (Å²) in [5.74, 6) is -0.265. The highest BCUT2D eigenvalue weighted by Gasteiger charge is 2.39. The minimum absolute atomic E-state index is 0.0375. The molecule has 4 rings (SSSR count). The molecule has 0 unspecified atom stereocenters. The van der Waals surface area contributed by atoms with E-state index in [4.69, 9.17) is 0 Å². The van der Waals surface area contributed by atoms with Gasteiger partial charge in [-0.2, -0.15) is 0 Å². The van der Waals surface area contributed by atoms with Crippen molar-refractivity contribution in [3.05, 3.63) is 94.0 Å². The Morgan fingerprint density at radius 2 is 1.37 bits per heavy atom. The minimum Gasteiger partial charge on any atom is -0.502 e. The SMILES string of the molecule is CC(C)(C)CC(C)(C)c1cc(C2N(c3ccccc3)CCN2c2ccccc2)c(O)c([N+](=O)[O-])c1. The maximum Gasteiger partial charge on any atom is 0.311 e. The summed E-state index contributed by atoms with van der Waals surface area (Å²) in [5, 5.41) is 23.4. The molecule has 3 aromatic carbocycles. The number of hydrogen-bond donors (Lipinski definition) is 1. The van der Waals surface area contributed by atoms with Crippen molar-refractivity contribution in [3.8, 4) is 5.75 Å². The zero-order valence-electron chi connectivity index (χ0n) is 21.2. The summed E-state index contributed by atoms with van der Waals surface area (Å²) in [7, 11) is 0. The fourth-order valence-electron chi connectivity index (χ4n) is 5.54. The highest BCUT2D eigenvalue weighted by molar-refractivity contribution is 5.64. The smallest absolute Gasteiger partial charge is 0.311 e. The molecule has 0 spiro atoms. The average molecular weight is 474 g/mol. The van der Waals surface area contributed by atoms with Crippen LogP contribution in [0.5, 0.6) is 5.75 Å². The molecule has 0 aliphatic carbocycles. The van der Waals surface area contributed by atoms with Crippen LogP contribution in [0, 0.1) is 15.5 Å². The van der Waals surface area contributed by atoms with Crippen molar-refractivity contribution in [1.82, 2.24) is 0 Å². The molecule has 3 aromatic rings. The summed E-state index contributed by atoms with van der Waals surface area (Å²) in [6.07, 6.45) is 0.459. The van der Waals surface area contributed by atoms with Crippen LogP contribution in [0.1, 0.15) is 58.3 Å². The van der Waals surface area contributed by atoms with E-state index in [2.05, 4.69) is 44.4 Å². The number of nitro groups is 1. The molecule has 1 N–H and O–H groups in total. The number of hydrogen-bond acceptors (Lipinski definition) is 5. The van der Waals surface area contributed by atoms with Gasteiger partial charge in [-0.05, 0) is 53.1 Å². The zero-order valence-corrected chi connectivity index (χ0v) is 21.2. The molecule has 1 heterocycles. The number of rotatable bonds is 6. The predicted molar refractivity (Wildman–Crippen MR) is 142 cm³/mol. The summed E-state index contributed by atoms with van der Waals surface area (Å²) >= 11 is 0. The van der Waals surface area contributed by atoms with Gasteiger partial charge in [0.2, 0.25) is 5.75 Å². The normalized spacial score (nSPS) is 15.0. The predicted octanol–water partition coefficient (Wildman–Crippen LogP) is 7.04. The Kier molecular flexibility index (Phi) is 6.50. The number of nitro benzene ring substituents is 1. The van der Waals surface area contributed by atoms with Crippen molar-refractivity contribution in [3.63, 3.8) is 0 Å². The first-order chi connectivity index (χ1) is 16.5. The molecule has 6 nitrogen and oxygen atoms in total. The Bertz CT molecular complexity index is 1140. The second kappa shape index (κ2) is 9.25. The van der Waals surface area contributed by atoms with Crippen molar-refractivity contribution < 1.29 is 10.0 Å². The first-order valence-corrected chi connectivity index (χ1v) is 12.1. The van der Waals surface area contributed by atoms with Crippen LogP contribution in [0.2, 0.25) is 0 Å². The Morgan fingerprint density at radius 3 is 1.80 bits per heavy atom. The minimum atomic E-state index is -0.468. The third kappa shape index (κ3) is 5.11. The maximum atomic E-state index is 12.1. The molecular weight excluding hydrogens is 438 g/mol. The van der Waals surface area contributed by atoms with Crippen LogP contribution in [0.25, 0.3) is 0 Å². The number of phenolic OH excluding ortho intramolecular Hbond substituents is 1. The highest BCUT2D eigenvalue weighted by Crippen LogP contribution is 2.47. The molecule has 0 bridgehead atoms. The van der Waals surface area contributed by atoms with E-state index >= 15 is 0 Å². The standard InChI is InChI=1S/C29H35N3O3/c1-28(2,3)20-29(4,5)21-18-24(26(33)25(19-21)32(34)35)27-30(22-12-8-6-9-13-22)16-17-31(27)23-14-10-7-11-15-23/h6-15,18-19,27,33H,16-17,20H2,1-5H3. The Morgan fingerprint density at radius 1 is 0.886 bits per heavy atom. The van der Waals surface area contributed by atoms with E-state index in [1.54, 1.807) is 6.07 Å². The fraction of sp³-hybridized carbons (Fsp3) is 0.379. The van der Waals surface area contributed by atoms with E-state index < -0.39 is 4.92 Å². The molecule has 0 aromatic heterocycles. The van der Waals surface area contributed by atoms with Gasteiger partial charge < -0.3 is 14.9 Å². The van der Waals surface area contributed by atoms with E-state index in [9.17, 15) is 15.2 Å². The van der Waals surface area contributed by atoms with Crippen LogP contribution < -0.4 is 9.80 Å². The summed E-state index contributed by atoms with van der Waals surface area (Å²) in [5.41, 5.74) is 2.91. The molecular formula is C29H35N3O3. The number of benzene rings is 3. The first-order valence-electron chi connectivity index (χ1n) is 12.1. The van der Waals surface area contributed by atoms with Crippen LogP contribution in [-0.2, 0) is 5.41 Å². The highest BCUT2D eigenvalue weighted by atomic mass is 16.6. The van der Waals surface area contributed by atoms with Crippen LogP contribution >= 0.6 is 0 Å². The van der Waals surface area contributed by atoms with Crippen molar-refractivity contribution in [2.24, 2.45) is 5.41 Å². The van der Waals surface area contributed by atoms with Gasteiger partial charge in [-0.1, -0.05) is 71.0 Å². The lowest BCUT2D eigenvalue weighted by molar-refractivity contribution is -0.386. The topological polar surface area (TPSA) is 69.8 Å². The van der Waals surface area contributed by atoms with E-state index in [0.717, 1.165) is 36.4 Å². The van der Waals surface area contributed by atoms with E-state index in [1.165, 1.54) is 0 Å². The largest absolute Gasteiger partial charge is 0.502 e. The van der Waals surface area contributed by atoms with Gasteiger partial charge in [-0.15, -0.1) is 0 Å². The molecule has 1 fully saturated rings. The molecule has 1 aliphatic heterocycles. The molecule has 0 atom stereocenters. The van der Waals surface area contributed by atoms with Crippen molar-refractivity contribution in [2.45, 2.75) is 52.6 Å². The van der Waals surface area contributed by atoms with Gasteiger partial charge in [0.05, 0.1) is 4.92 Å². The second-order valence-corrected chi connectivity index (χ2v) is 11.2. The Hall–Kier alpha value is -3.54. The summed E-state index contributed by atoms with van der Waals surface area (Å²) < 4.78 is 0. The number of para-hydroxylation sites is 2. The number of nitrogens with zero attached hydrogens (tertiary/aromatic N) is 3. The Balaban J connectivity index is 1.92. The molecule has 1 aliphatic rings. The van der Waals surface area contributed by atoms with Crippen LogP contribution in [0.3, 0.4) is 0 Å². The maximum absolute atomic E-state index is 12.1. The molecule has 6 heteroatoms. The molecule has 0 saturated carbocycles. The molecule has 1 saturated heterocycles. The molecule has 35 heavy (non-hydrogen) atoms.